The van der Waals surface area contributed by atoms with Crippen LogP contribution in [0.1, 0.15) is 18.5 Å². The third kappa shape index (κ3) is 4.97. The standard InChI is InChI=1S/C18H21BrN2O3/c1-12(13-4-9-17(24-3)16(19)10-13)20-11-18(22)21-14-5-7-15(23-2)8-6-14/h4-10,12,20H,11H2,1-3H3,(H,21,22)/t12-/m1/s1. The molecule has 0 bridgehead atoms. The Morgan fingerprint density at radius 3 is 2.42 bits per heavy atom. The molecule has 0 radical (unpaired) electrons. The van der Waals surface area contributed by atoms with Gasteiger partial charge in [0, 0.05) is 11.7 Å². The van der Waals surface area contributed by atoms with Crippen LogP contribution < -0.4 is 20.1 Å². The molecule has 0 unspecified atom stereocenters. The van der Waals surface area contributed by atoms with Gasteiger partial charge in [-0.2, -0.15) is 0 Å². The number of carbonyl (C=O) groups excluding carboxylic acids is 1. The van der Waals surface area contributed by atoms with Crippen molar-refractivity contribution in [3.8, 4) is 11.5 Å². The lowest BCUT2D eigenvalue weighted by molar-refractivity contribution is -0.115. The van der Waals surface area contributed by atoms with Gasteiger partial charge in [0.2, 0.25) is 5.91 Å². The van der Waals surface area contributed by atoms with E-state index < -0.39 is 0 Å². The number of nitrogens with one attached hydrogen (secondary N) is 2. The molecule has 0 fully saturated rings. The Bertz CT molecular complexity index is 689. The second-order valence-electron chi connectivity index (χ2n) is 5.27. The summed E-state index contributed by atoms with van der Waals surface area (Å²) in [6.45, 7) is 2.23. The fourth-order valence-electron chi connectivity index (χ4n) is 2.20. The van der Waals surface area contributed by atoms with Crippen LogP contribution in [-0.4, -0.2) is 26.7 Å². The summed E-state index contributed by atoms with van der Waals surface area (Å²) in [6.07, 6.45) is 0. The minimum atomic E-state index is -0.0976. The maximum atomic E-state index is 12.0. The molecule has 2 aromatic rings. The fraction of sp³-hybridized carbons (Fsp3) is 0.278. The van der Waals surface area contributed by atoms with Crippen molar-refractivity contribution in [2.75, 3.05) is 26.1 Å². The molecule has 5 nitrogen and oxygen atoms in total. The molecule has 0 aliphatic rings. The van der Waals surface area contributed by atoms with Crippen molar-refractivity contribution in [3.05, 3.63) is 52.5 Å². The van der Waals surface area contributed by atoms with Crippen LogP contribution in [0.25, 0.3) is 0 Å². The topological polar surface area (TPSA) is 59.6 Å². The number of rotatable bonds is 7. The van der Waals surface area contributed by atoms with Crippen LogP contribution in [0.2, 0.25) is 0 Å². The Balaban J connectivity index is 1.87. The van der Waals surface area contributed by atoms with Crippen LogP contribution in [0.3, 0.4) is 0 Å². The molecular weight excluding hydrogens is 372 g/mol. The van der Waals surface area contributed by atoms with E-state index in [2.05, 4.69) is 26.6 Å². The summed E-state index contributed by atoms with van der Waals surface area (Å²) in [5.41, 5.74) is 1.81. The summed E-state index contributed by atoms with van der Waals surface area (Å²) in [7, 11) is 3.24. The molecular formula is C18H21BrN2O3. The molecule has 1 amide bonds. The van der Waals surface area contributed by atoms with E-state index in [9.17, 15) is 4.79 Å². The van der Waals surface area contributed by atoms with E-state index in [1.54, 1.807) is 38.5 Å². The van der Waals surface area contributed by atoms with E-state index in [-0.39, 0.29) is 18.5 Å². The van der Waals surface area contributed by atoms with Crippen molar-refractivity contribution < 1.29 is 14.3 Å². The maximum Gasteiger partial charge on any atom is 0.238 e. The summed E-state index contributed by atoms with van der Waals surface area (Å²) in [5, 5.41) is 6.05. The fourth-order valence-corrected chi connectivity index (χ4v) is 2.75. The van der Waals surface area contributed by atoms with Gasteiger partial charge in [-0.3, -0.25) is 4.79 Å². The van der Waals surface area contributed by atoms with E-state index in [1.807, 2.05) is 25.1 Å². The number of carbonyl (C=O) groups is 1. The second-order valence-corrected chi connectivity index (χ2v) is 6.13. The summed E-state index contributed by atoms with van der Waals surface area (Å²) in [6, 6.07) is 13.1. The Labute approximate surface area is 150 Å². The Hall–Kier alpha value is -2.05. The zero-order chi connectivity index (χ0) is 17.5. The highest BCUT2D eigenvalue weighted by Gasteiger charge is 2.10. The molecule has 0 saturated heterocycles. The Morgan fingerprint density at radius 1 is 1.12 bits per heavy atom. The van der Waals surface area contributed by atoms with Gasteiger partial charge in [0.15, 0.2) is 0 Å². The quantitative estimate of drug-likeness (QED) is 0.752. The van der Waals surface area contributed by atoms with Crippen molar-refractivity contribution in [1.82, 2.24) is 5.32 Å². The molecule has 6 heteroatoms. The molecule has 1 atom stereocenters. The van der Waals surface area contributed by atoms with E-state index in [1.165, 1.54) is 0 Å². The number of ether oxygens (including phenoxy) is 2. The highest BCUT2D eigenvalue weighted by molar-refractivity contribution is 9.10. The Morgan fingerprint density at radius 2 is 1.83 bits per heavy atom. The predicted molar refractivity (Wildman–Crippen MR) is 98.7 cm³/mol. The van der Waals surface area contributed by atoms with Crippen LogP contribution in [0.15, 0.2) is 46.9 Å². The number of methoxy groups -OCH3 is 2. The lowest BCUT2D eigenvalue weighted by Gasteiger charge is -2.15. The summed E-state index contributed by atoms with van der Waals surface area (Å²) < 4.78 is 11.2. The molecule has 0 aliphatic carbocycles. The Kier molecular flexibility index (Phi) is 6.63. The van der Waals surface area contributed by atoms with Crippen molar-refractivity contribution >= 4 is 27.5 Å². The van der Waals surface area contributed by atoms with Gasteiger partial charge < -0.3 is 20.1 Å². The molecule has 0 saturated carbocycles. The molecule has 0 spiro atoms. The van der Waals surface area contributed by atoms with Crippen molar-refractivity contribution in [3.63, 3.8) is 0 Å². The number of anilines is 1. The first-order valence-corrected chi connectivity index (χ1v) is 8.33. The van der Waals surface area contributed by atoms with Crippen LogP contribution in [-0.2, 0) is 4.79 Å². The van der Waals surface area contributed by atoms with Gasteiger partial charge in [-0.25, -0.2) is 0 Å². The second kappa shape index (κ2) is 8.70. The average Bonchev–Trinajstić information content (AvgIpc) is 2.60. The first-order chi connectivity index (χ1) is 11.5. The SMILES string of the molecule is COc1ccc(NC(=O)CN[C@H](C)c2ccc(OC)c(Br)c2)cc1. The number of halogens is 1. The normalized spacial score (nSPS) is 11.7. The number of amides is 1. The van der Waals surface area contributed by atoms with Gasteiger partial charge in [-0.15, -0.1) is 0 Å². The van der Waals surface area contributed by atoms with Gasteiger partial charge in [-0.1, -0.05) is 6.07 Å². The minimum absolute atomic E-state index is 0.0359. The average molecular weight is 393 g/mol. The van der Waals surface area contributed by atoms with Gasteiger partial charge in [0.25, 0.3) is 0 Å². The molecule has 128 valence electrons. The van der Waals surface area contributed by atoms with E-state index >= 15 is 0 Å². The highest BCUT2D eigenvalue weighted by Crippen LogP contribution is 2.27. The summed E-state index contributed by atoms with van der Waals surface area (Å²) in [4.78, 5) is 12.0. The van der Waals surface area contributed by atoms with Crippen molar-refractivity contribution in [2.24, 2.45) is 0 Å². The van der Waals surface area contributed by atoms with Crippen LogP contribution in [0, 0.1) is 0 Å². The van der Waals surface area contributed by atoms with E-state index in [4.69, 9.17) is 9.47 Å². The summed E-state index contributed by atoms with van der Waals surface area (Å²) >= 11 is 3.47. The monoisotopic (exact) mass is 392 g/mol. The first kappa shape index (κ1) is 18.3. The molecule has 24 heavy (non-hydrogen) atoms. The van der Waals surface area contributed by atoms with Crippen molar-refractivity contribution in [2.45, 2.75) is 13.0 Å². The lowest BCUT2D eigenvalue weighted by Crippen LogP contribution is -2.30. The molecule has 0 aliphatic heterocycles. The number of hydrogen-bond donors (Lipinski definition) is 2. The molecule has 0 heterocycles. The van der Waals surface area contributed by atoms with Gasteiger partial charge in [0.05, 0.1) is 25.2 Å². The molecule has 2 aromatic carbocycles. The van der Waals surface area contributed by atoms with Gasteiger partial charge >= 0.3 is 0 Å². The highest BCUT2D eigenvalue weighted by atomic mass is 79.9. The van der Waals surface area contributed by atoms with Crippen LogP contribution in [0.4, 0.5) is 5.69 Å². The molecule has 2 rings (SSSR count). The third-order valence-electron chi connectivity index (χ3n) is 3.62. The smallest absolute Gasteiger partial charge is 0.238 e. The zero-order valence-electron chi connectivity index (χ0n) is 13.9. The van der Waals surface area contributed by atoms with Crippen LogP contribution in [0.5, 0.6) is 11.5 Å². The lowest BCUT2D eigenvalue weighted by atomic mass is 10.1. The molecule has 0 aromatic heterocycles. The number of benzene rings is 2. The molecule has 2 N–H and O–H groups in total. The maximum absolute atomic E-state index is 12.0. The first-order valence-electron chi connectivity index (χ1n) is 7.54. The van der Waals surface area contributed by atoms with E-state index in [0.717, 1.165) is 27.2 Å². The third-order valence-corrected chi connectivity index (χ3v) is 4.24. The van der Waals surface area contributed by atoms with E-state index in [0.29, 0.717) is 0 Å². The van der Waals surface area contributed by atoms with Crippen molar-refractivity contribution in [1.29, 1.82) is 0 Å². The largest absolute Gasteiger partial charge is 0.497 e. The minimum Gasteiger partial charge on any atom is -0.497 e. The number of hydrogen-bond acceptors (Lipinski definition) is 4. The summed E-state index contributed by atoms with van der Waals surface area (Å²) in [5.74, 6) is 1.44. The van der Waals surface area contributed by atoms with Crippen LogP contribution >= 0.6 is 15.9 Å². The zero-order valence-corrected chi connectivity index (χ0v) is 15.5. The predicted octanol–water partition coefficient (Wildman–Crippen LogP) is 3.76. The van der Waals surface area contributed by atoms with Gasteiger partial charge in [-0.05, 0) is 64.8 Å². The van der Waals surface area contributed by atoms with Gasteiger partial charge in [0.1, 0.15) is 11.5 Å².